The summed E-state index contributed by atoms with van der Waals surface area (Å²) >= 11 is 3.33. The van der Waals surface area contributed by atoms with Gasteiger partial charge in [0.2, 0.25) is 10.0 Å². The third-order valence-electron chi connectivity index (χ3n) is 3.14. The Labute approximate surface area is 123 Å². The molecule has 0 fully saturated rings. The second kappa shape index (κ2) is 6.83. The van der Waals surface area contributed by atoms with E-state index in [1.807, 2.05) is 13.8 Å². The van der Waals surface area contributed by atoms with Gasteiger partial charge in [0.15, 0.2) is 0 Å². The Balaban J connectivity index is 3.24. The molecule has 19 heavy (non-hydrogen) atoms. The molecule has 4 nitrogen and oxygen atoms in total. The van der Waals surface area contributed by atoms with E-state index in [1.165, 1.54) is 6.07 Å². The summed E-state index contributed by atoms with van der Waals surface area (Å²) in [6, 6.07) is 3.18. The van der Waals surface area contributed by atoms with Crippen molar-refractivity contribution in [2.24, 2.45) is 0 Å². The normalized spacial score (nSPS) is 12.1. The molecule has 1 rings (SSSR count). The summed E-state index contributed by atoms with van der Waals surface area (Å²) in [6.07, 6.45) is 1.49. The summed E-state index contributed by atoms with van der Waals surface area (Å²) < 4.78 is 28.2. The van der Waals surface area contributed by atoms with Crippen LogP contribution >= 0.6 is 15.9 Å². The van der Waals surface area contributed by atoms with Crippen LogP contribution in [0.3, 0.4) is 0 Å². The van der Waals surface area contributed by atoms with Gasteiger partial charge < -0.3 is 5.11 Å². The fourth-order valence-electron chi connectivity index (χ4n) is 1.82. The highest BCUT2D eigenvalue weighted by Gasteiger charge is 2.21. The molecule has 0 aliphatic heterocycles. The van der Waals surface area contributed by atoms with Crippen molar-refractivity contribution in [3.8, 4) is 0 Å². The van der Waals surface area contributed by atoms with E-state index < -0.39 is 10.0 Å². The molecule has 0 spiro atoms. The van der Waals surface area contributed by atoms with Crippen molar-refractivity contribution in [3.05, 3.63) is 27.7 Å². The number of hydrogen-bond donors (Lipinski definition) is 2. The fraction of sp³-hybridized carbons (Fsp3) is 0.538. The molecule has 1 aromatic carbocycles. The van der Waals surface area contributed by atoms with Gasteiger partial charge in [-0.3, -0.25) is 0 Å². The standard InChI is InChI=1S/C13H20BrNO3S/c1-4-11(5-2)15-19(17,18)13-7-10(8-16)6-12(14)9(13)3/h6-7,11,15-16H,4-5,8H2,1-3H3. The highest BCUT2D eigenvalue weighted by atomic mass is 79.9. The largest absolute Gasteiger partial charge is 0.392 e. The monoisotopic (exact) mass is 349 g/mol. The maximum atomic E-state index is 12.4. The molecule has 0 saturated carbocycles. The first-order valence-corrected chi connectivity index (χ1v) is 8.55. The van der Waals surface area contributed by atoms with Crippen LogP contribution in [-0.2, 0) is 16.6 Å². The molecule has 0 unspecified atom stereocenters. The SMILES string of the molecule is CCC(CC)NS(=O)(=O)c1cc(CO)cc(Br)c1C. The molecule has 108 valence electrons. The van der Waals surface area contributed by atoms with Crippen LogP contribution < -0.4 is 4.72 Å². The summed E-state index contributed by atoms with van der Waals surface area (Å²) in [5.74, 6) is 0. The highest BCUT2D eigenvalue weighted by molar-refractivity contribution is 9.10. The number of nitrogens with one attached hydrogen (secondary N) is 1. The minimum atomic E-state index is -3.56. The molecule has 0 heterocycles. The number of hydrogen-bond acceptors (Lipinski definition) is 3. The summed E-state index contributed by atoms with van der Waals surface area (Å²) in [4.78, 5) is 0.220. The third-order valence-corrected chi connectivity index (χ3v) is 5.61. The fourth-order valence-corrected chi connectivity index (χ4v) is 4.17. The molecular formula is C13H20BrNO3S. The van der Waals surface area contributed by atoms with E-state index in [2.05, 4.69) is 20.7 Å². The van der Waals surface area contributed by atoms with Crippen LogP contribution in [0.15, 0.2) is 21.5 Å². The van der Waals surface area contributed by atoms with Crippen molar-refractivity contribution in [1.29, 1.82) is 0 Å². The van der Waals surface area contributed by atoms with E-state index in [-0.39, 0.29) is 17.5 Å². The van der Waals surface area contributed by atoms with Gasteiger partial charge in [0.05, 0.1) is 11.5 Å². The Kier molecular flexibility index (Phi) is 5.98. The lowest BCUT2D eigenvalue weighted by atomic mass is 10.2. The first-order valence-electron chi connectivity index (χ1n) is 6.27. The topological polar surface area (TPSA) is 66.4 Å². The molecule has 1 aromatic rings. The van der Waals surface area contributed by atoms with Gasteiger partial charge in [-0.05, 0) is 43.0 Å². The number of halogens is 1. The van der Waals surface area contributed by atoms with Crippen LogP contribution in [-0.4, -0.2) is 19.6 Å². The number of benzene rings is 1. The van der Waals surface area contributed by atoms with Gasteiger partial charge in [-0.1, -0.05) is 29.8 Å². The van der Waals surface area contributed by atoms with E-state index in [9.17, 15) is 13.5 Å². The smallest absolute Gasteiger partial charge is 0.241 e. The lowest BCUT2D eigenvalue weighted by Crippen LogP contribution is -2.34. The van der Waals surface area contributed by atoms with Crippen molar-refractivity contribution < 1.29 is 13.5 Å². The van der Waals surface area contributed by atoms with Gasteiger partial charge in [-0.25, -0.2) is 13.1 Å². The number of aliphatic hydroxyl groups excluding tert-OH is 1. The second-order valence-corrected chi connectivity index (χ2v) is 7.03. The molecule has 0 saturated heterocycles. The van der Waals surface area contributed by atoms with Gasteiger partial charge in [0, 0.05) is 10.5 Å². The van der Waals surface area contributed by atoms with Gasteiger partial charge in [0.25, 0.3) is 0 Å². The highest BCUT2D eigenvalue weighted by Crippen LogP contribution is 2.26. The Morgan fingerprint density at radius 2 is 1.89 bits per heavy atom. The zero-order valence-corrected chi connectivity index (χ0v) is 13.8. The van der Waals surface area contributed by atoms with Crippen LogP contribution in [0.5, 0.6) is 0 Å². The quantitative estimate of drug-likeness (QED) is 0.829. The minimum Gasteiger partial charge on any atom is -0.392 e. The lowest BCUT2D eigenvalue weighted by Gasteiger charge is -2.17. The zero-order valence-electron chi connectivity index (χ0n) is 11.4. The average Bonchev–Trinajstić information content (AvgIpc) is 2.38. The van der Waals surface area contributed by atoms with Crippen LogP contribution in [0.2, 0.25) is 0 Å². The Morgan fingerprint density at radius 1 is 1.32 bits per heavy atom. The maximum Gasteiger partial charge on any atom is 0.241 e. The molecule has 2 N–H and O–H groups in total. The first kappa shape index (κ1) is 16.6. The molecule has 0 aliphatic rings. The molecule has 0 bridgehead atoms. The molecule has 0 atom stereocenters. The summed E-state index contributed by atoms with van der Waals surface area (Å²) in [5, 5.41) is 9.18. The van der Waals surface area contributed by atoms with Gasteiger partial charge >= 0.3 is 0 Å². The molecule has 6 heteroatoms. The summed E-state index contributed by atoms with van der Waals surface area (Å²) in [6.45, 7) is 5.45. The van der Waals surface area contributed by atoms with E-state index in [0.717, 1.165) is 12.8 Å². The molecule has 0 amide bonds. The van der Waals surface area contributed by atoms with Gasteiger partial charge in [-0.15, -0.1) is 0 Å². The Bertz CT molecular complexity index is 539. The van der Waals surface area contributed by atoms with Crippen LogP contribution in [0.1, 0.15) is 37.8 Å². The van der Waals surface area contributed by atoms with Gasteiger partial charge in [0.1, 0.15) is 0 Å². The lowest BCUT2D eigenvalue weighted by molar-refractivity contribution is 0.281. The minimum absolute atomic E-state index is 0.0686. The van der Waals surface area contributed by atoms with Crippen LogP contribution in [0, 0.1) is 6.92 Å². The predicted molar refractivity (Wildman–Crippen MR) is 79.5 cm³/mol. The van der Waals surface area contributed by atoms with E-state index in [1.54, 1.807) is 13.0 Å². The average molecular weight is 350 g/mol. The van der Waals surface area contributed by atoms with Crippen LogP contribution in [0.4, 0.5) is 0 Å². The Morgan fingerprint density at radius 3 is 2.37 bits per heavy atom. The van der Waals surface area contributed by atoms with Gasteiger partial charge in [-0.2, -0.15) is 0 Å². The second-order valence-electron chi connectivity index (χ2n) is 4.49. The number of sulfonamides is 1. The predicted octanol–water partition coefficient (Wildman–Crippen LogP) is 2.72. The van der Waals surface area contributed by atoms with E-state index in [4.69, 9.17) is 0 Å². The van der Waals surface area contributed by atoms with Crippen molar-refractivity contribution in [2.45, 2.75) is 51.2 Å². The third kappa shape index (κ3) is 4.02. The van der Waals surface area contributed by atoms with Crippen molar-refractivity contribution >= 4 is 26.0 Å². The summed E-state index contributed by atoms with van der Waals surface area (Å²) in [7, 11) is -3.56. The molecule has 0 radical (unpaired) electrons. The van der Waals surface area contributed by atoms with Crippen molar-refractivity contribution in [2.75, 3.05) is 0 Å². The van der Waals surface area contributed by atoms with E-state index >= 15 is 0 Å². The Hall–Kier alpha value is -0.430. The van der Waals surface area contributed by atoms with E-state index in [0.29, 0.717) is 15.6 Å². The van der Waals surface area contributed by atoms with Crippen LogP contribution in [0.25, 0.3) is 0 Å². The molecular weight excluding hydrogens is 330 g/mol. The summed E-state index contributed by atoms with van der Waals surface area (Å²) in [5.41, 5.74) is 1.22. The van der Waals surface area contributed by atoms with Crippen molar-refractivity contribution in [1.82, 2.24) is 4.72 Å². The van der Waals surface area contributed by atoms with Crippen molar-refractivity contribution in [3.63, 3.8) is 0 Å². The maximum absolute atomic E-state index is 12.4. The first-order chi connectivity index (χ1) is 8.85. The number of aliphatic hydroxyl groups is 1. The zero-order chi connectivity index (χ0) is 14.6. The molecule has 0 aliphatic carbocycles. The number of rotatable bonds is 6. The molecule has 0 aromatic heterocycles.